The minimum Gasteiger partial charge on any atom is -0.497 e. The van der Waals surface area contributed by atoms with E-state index >= 15 is 0 Å². The van der Waals surface area contributed by atoms with E-state index in [0.29, 0.717) is 29.5 Å². The van der Waals surface area contributed by atoms with Crippen LogP contribution in [0.1, 0.15) is 27.2 Å². The zero-order valence-electron chi connectivity index (χ0n) is 18.1. The van der Waals surface area contributed by atoms with E-state index in [1.807, 2.05) is 20.8 Å². The molecule has 1 saturated heterocycles. The number of imide groups is 1. The Labute approximate surface area is 181 Å². The van der Waals surface area contributed by atoms with Gasteiger partial charge in [0.05, 0.1) is 25.8 Å². The largest absolute Gasteiger partial charge is 0.497 e. The van der Waals surface area contributed by atoms with Crippen LogP contribution in [0.4, 0.5) is 16.2 Å². The second kappa shape index (κ2) is 9.51. The molecule has 0 aromatic heterocycles. The van der Waals surface area contributed by atoms with Crippen molar-refractivity contribution in [3.05, 3.63) is 48.5 Å². The molecule has 4 amide bonds. The summed E-state index contributed by atoms with van der Waals surface area (Å²) in [5.41, 5.74) is 1.03. The number of hydrogen-bond acceptors (Lipinski definition) is 5. The van der Waals surface area contributed by atoms with E-state index in [1.165, 1.54) is 4.90 Å². The van der Waals surface area contributed by atoms with Crippen molar-refractivity contribution in [1.82, 2.24) is 4.90 Å². The number of hydrogen-bond donors (Lipinski definition) is 1. The maximum atomic E-state index is 13.1. The Morgan fingerprint density at radius 2 is 1.65 bits per heavy atom. The van der Waals surface area contributed by atoms with Crippen LogP contribution in [0.15, 0.2) is 48.5 Å². The minimum absolute atomic E-state index is 0.136. The molecule has 0 spiro atoms. The Balaban J connectivity index is 1.75. The van der Waals surface area contributed by atoms with Gasteiger partial charge in [-0.15, -0.1) is 0 Å². The fraction of sp³-hybridized carbons (Fsp3) is 0.348. The number of rotatable bonds is 8. The van der Waals surface area contributed by atoms with Crippen molar-refractivity contribution >= 4 is 29.2 Å². The highest BCUT2D eigenvalue weighted by molar-refractivity contribution is 6.22. The predicted octanol–water partition coefficient (Wildman–Crippen LogP) is 3.67. The number of carbonyl (C=O) groups is 3. The van der Waals surface area contributed by atoms with Gasteiger partial charge in [-0.05, 0) is 69.3 Å². The summed E-state index contributed by atoms with van der Waals surface area (Å²) in [4.78, 5) is 41.4. The highest BCUT2D eigenvalue weighted by Gasteiger charge is 2.47. The van der Waals surface area contributed by atoms with Gasteiger partial charge in [0.1, 0.15) is 17.5 Å². The van der Waals surface area contributed by atoms with Gasteiger partial charge in [-0.1, -0.05) is 0 Å². The van der Waals surface area contributed by atoms with Crippen LogP contribution < -0.4 is 19.7 Å². The first kappa shape index (κ1) is 22.1. The summed E-state index contributed by atoms with van der Waals surface area (Å²) in [5.74, 6) is 0.552. The van der Waals surface area contributed by atoms with Crippen molar-refractivity contribution in [3.63, 3.8) is 0 Å². The van der Waals surface area contributed by atoms with E-state index in [2.05, 4.69) is 5.32 Å². The quantitative estimate of drug-likeness (QED) is 0.652. The fourth-order valence-corrected chi connectivity index (χ4v) is 3.54. The van der Waals surface area contributed by atoms with Crippen molar-refractivity contribution in [2.45, 2.75) is 39.3 Å². The number of benzene rings is 2. The highest BCUT2D eigenvalue weighted by atomic mass is 16.5. The molecule has 8 heteroatoms. The Morgan fingerprint density at radius 1 is 1.03 bits per heavy atom. The van der Waals surface area contributed by atoms with Gasteiger partial charge in [-0.25, -0.2) is 9.69 Å². The molecule has 1 N–H and O–H groups in total. The van der Waals surface area contributed by atoms with Gasteiger partial charge in [-0.3, -0.25) is 9.59 Å². The van der Waals surface area contributed by atoms with Crippen LogP contribution in [0, 0.1) is 0 Å². The fourth-order valence-electron chi connectivity index (χ4n) is 3.54. The van der Waals surface area contributed by atoms with Gasteiger partial charge >= 0.3 is 6.03 Å². The topological polar surface area (TPSA) is 88.2 Å². The third kappa shape index (κ3) is 4.79. The molecule has 1 aliphatic rings. The zero-order valence-corrected chi connectivity index (χ0v) is 18.1. The van der Waals surface area contributed by atoms with E-state index < -0.39 is 18.0 Å². The predicted molar refractivity (Wildman–Crippen MR) is 117 cm³/mol. The maximum Gasteiger partial charge on any atom is 0.332 e. The van der Waals surface area contributed by atoms with Crippen LogP contribution in [-0.4, -0.2) is 48.5 Å². The summed E-state index contributed by atoms with van der Waals surface area (Å²) in [6, 6.07) is 12.1. The molecule has 0 aliphatic carbocycles. The monoisotopic (exact) mass is 425 g/mol. The number of ether oxygens (including phenoxy) is 2. The molecule has 1 heterocycles. The maximum absolute atomic E-state index is 13.1. The van der Waals surface area contributed by atoms with Gasteiger partial charge in [0.15, 0.2) is 0 Å². The van der Waals surface area contributed by atoms with E-state index in [4.69, 9.17) is 9.47 Å². The molecular formula is C23H27N3O5. The van der Waals surface area contributed by atoms with Gasteiger partial charge in [0.25, 0.3) is 5.91 Å². The summed E-state index contributed by atoms with van der Waals surface area (Å²) < 4.78 is 10.5. The second-order valence-corrected chi connectivity index (χ2v) is 7.38. The Hall–Kier alpha value is -3.55. The second-order valence-electron chi connectivity index (χ2n) is 7.38. The Kier molecular flexibility index (Phi) is 6.79. The molecular weight excluding hydrogens is 398 g/mol. The lowest BCUT2D eigenvalue weighted by Crippen LogP contribution is -2.42. The highest BCUT2D eigenvalue weighted by Crippen LogP contribution is 2.30. The molecule has 1 atom stereocenters. The van der Waals surface area contributed by atoms with E-state index in [-0.39, 0.29) is 18.4 Å². The van der Waals surface area contributed by atoms with Gasteiger partial charge in [0, 0.05) is 11.7 Å². The van der Waals surface area contributed by atoms with Gasteiger partial charge in [-0.2, -0.15) is 0 Å². The molecule has 31 heavy (non-hydrogen) atoms. The molecule has 0 radical (unpaired) electrons. The lowest BCUT2D eigenvalue weighted by atomic mass is 10.1. The smallest absolute Gasteiger partial charge is 0.332 e. The molecule has 2 aromatic carbocycles. The first-order valence-corrected chi connectivity index (χ1v) is 10.2. The normalized spacial score (nSPS) is 16.1. The zero-order chi connectivity index (χ0) is 22.5. The number of nitrogens with zero attached hydrogens (tertiary/aromatic N) is 2. The average molecular weight is 425 g/mol. The van der Waals surface area contributed by atoms with Crippen molar-refractivity contribution in [3.8, 4) is 11.5 Å². The standard InChI is InChI=1S/C23H27N3O5/c1-5-31-19-10-6-16(7-11-19)24-21(27)14-20-22(28)26(23(29)25(20)15(2)3)17-8-12-18(30-4)13-9-17/h6-13,15,20H,5,14H2,1-4H3,(H,24,27). The number of nitrogens with one attached hydrogen (secondary N) is 1. The van der Waals surface area contributed by atoms with Crippen LogP contribution in [0.3, 0.4) is 0 Å². The van der Waals surface area contributed by atoms with Crippen molar-refractivity contribution in [1.29, 1.82) is 0 Å². The first-order chi connectivity index (χ1) is 14.8. The van der Waals surface area contributed by atoms with Crippen LogP contribution in [-0.2, 0) is 9.59 Å². The van der Waals surface area contributed by atoms with Gasteiger partial charge < -0.3 is 19.7 Å². The summed E-state index contributed by atoms with van der Waals surface area (Å²) in [6.07, 6.45) is -0.136. The molecule has 2 aromatic rings. The summed E-state index contributed by atoms with van der Waals surface area (Å²) in [6.45, 7) is 6.09. The number of carbonyl (C=O) groups excluding carboxylic acids is 3. The molecule has 1 fully saturated rings. The third-order valence-corrected chi connectivity index (χ3v) is 4.97. The van der Waals surface area contributed by atoms with E-state index in [0.717, 1.165) is 4.90 Å². The molecule has 0 saturated carbocycles. The Bertz CT molecular complexity index is 941. The van der Waals surface area contributed by atoms with Crippen molar-refractivity contribution < 1.29 is 23.9 Å². The van der Waals surface area contributed by atoms with Crippen LogP contribution in [0.2, 0.25) is 0 Å². The van der Waals surface area contributed by atoms with E-state index in [1.54, 1.807) is 55.6 Å². The van der Waals surface area contributed by atoms with E-state index in [9.17, 15) is 14.4 Å². The lowest BCUT2D eigenvalue weighted by Gasteiger charge is -2.25. The molecule has 0 bridgehead atoms. The van der Waals surface area contributed by atoms with Crippen LogP contribution in [0.5, 0.6) is 11.5 Å². The molecule has 3 rings (SSSR count). The van der Waals surface area contributed by atoms with Gasteiger partial charge in [0.2, 0.25) is 5.91 Å². The number of amides is 4. The molecule has 1 unspecified atom stereocenters. The third-order valence-electron chi connectivity index (χ3n) is 4.97. The SMILES string of the molecule is CCOc1ccc(NC(=O)CC2C(=O)N(c3ccc(OC)cc3)C(=O)N2C(C)C)cc1. The van der Waals surface area contributed by atoms with Crippen molar-refractivity contribution in [2.75, 3.05) is 23.9 Å². The first-order valence-electron chi connectivity index (χ1n) is 10.2. The lowest BCUT2D eigenvalue weighted by molar-refractivity contribution is -0.124. The average Bonchev–Trinajstić information content (AvgIpc) is 2.99. The summed E-state index contributed by atoms with van der Waals surface area (Å²) in [5, 5.41) is 2.78. The minimum atomic E-state index is -0.878. The number of urea groups is 1. The molecule has 8 nitrogen and oxygen atoms in total. The van der Waals surface area contributed by atoms with Crippen LogP contribution in [0.25, 0.3) is 0 Å². The van der Waals surface area contributed by atoms with Crippen molar-refractivity contribution in [2.24, 2.45) is 0 Å². The summed E-state index contributed by atoms with van der Waals surface area (Å²) >= 11 is 0. The number of methoxy groups -OCH3 is 1. The molecule has 164 valence electrons. The summed E-state index contributed by atoms with van der Waals surface area (Å²) in [7, 11) is 1.54. The molecule has 1 aliphatic heterocycles. The Morgan fingerprint density at radius 3 is 2.19 bits per heavy atom. The van der Waals surface area contributed by atoms with Crippen LogP contribution >= 0.6 is 0 Å². The number of anilines is 2.